The fourth-order valence-corrected chi connectivity index (χ4v) is 13.8. The Bertz CT molecular complexity index is 2320. The number of likely N-dealkylation sites (N-methyl/N-ethyl adjacent to an activating group) is 2. The molecule has 0 saturated carbocycles. The molecule has 0 bridgehead atoms. The lowest BCUT2D eigenvalue weighted by molar-refractivity contribution is -0.308. The van der Waals surface area contributed by atoms with Gasteiger partial charge in [-0.1, -0.05) is 38.1 Å². The number of alkyl halides is 1. The molecule has 1 aromatic heterocycles. The molecular weight excluding hydrogens is 1030 g/mol. The van der Waals surface area contributed by atoms with Gasteiger partial charge in [0.15, 0.2) is 22.4 Å². The van der Waals surface area contributed by atoms with Gasteiger partial charge in [-0.15, -0.1) is 5.10 Å². The van der Waals surface area contributed by atoms with Crippen LogP contribution < -0.4 is 4.90 Å². The number of cyclic esters (lactones) is 1. The molecule has 78 heavy (non-hydrogen) atoms. The van der Waals surface area contributed by atoms with Gasteiger partial charge in [0.05, 0.1) is 58.7 Å². The van der Waals surface area contributed by atoms with E-state index in [1.54, 1.807) is 40.8 Å². The van der Waals surface area contributed by atoms with Crippen molar-refractivity contribution < 1.29 is 71.2 Å². The Labute approximate surface area is 463 Å². The Morgan fingerprint density at radius 2 is 1.63 bits per heavy atom. The van der Waals surface area contributed by atoms with E-state index in [0.29, 0.717) is 57.6 Å². The van der Waals surface area contributed by atoms with Crippen LogP contribution in [0.2, 0.25) is 0 Å². The molecule has 5 heterocycles. The second-order valence-corrected chi connectivity index (χ2v) is 26.3. The number of hydrogen-bond acceptors (Lipinski definition) is 19. The zero-order valence-electron chi connectivity index (χ0n) is 48.9. The van der Waals surface area contributed by atoms with Gasteiger partial charge in [0, 0.05) is 89.5 Å². The van der Waals surface area contributed by atoms with E-state index in [4.69, 9.17) is 33.2 Å². The number of methoxy groups -OCH3 is 2. The Morgan fingerprint density at radius 1 is 0.936 bits per heavy atom. The number of sulfone groups is 1. The van der Waals surface area contributed by atoms with Crippen molar-refractivity contribution in [1.82, 2.24) is 24.8 Å². The van der Waals surface area contributed by atoms with Crippen LogP contribution in [0.3, 0.4) is 0 Å². The number of halogens is 1. The Hall–Kier alpha value is -2.97. The quantitative estimate of drug-likeness (QED) is 0.167. The van der Waals surface area contributed by atoms with Crippen molar-refractivity contribution in [2.24, 2.45) is 17.8 Å². The highest BCUT2D eigenvalue weighted by atomic mass is 32.2. The van der Waals surface area contributed by atoms with Crippen LogP contribution in [0.1, 0.15) is 131 Å². The minimum atomic E-state index is -3.06. The molecule has 6 rings (SSSR count). The Morgan fingerprint density at radius 3 is 2.27 bits per heavy atom. The summed E-state index contributed by atoms with van der Waals surface area (Å²) in [6.45, 7) is 19.1. The number of aliphatic hydroxyl groups is 4. The lowest BCUT2D eigenvalue weighted by atomic mass is 9.77. The number of carbonyl (C=O) groups excluding carboxylic acids is 1. The summed E-state index contributed by atoms with van der Waals surface area (Å²) >= 11 is 0. The van der Waals surface area contributed by atoms with Crippen LogP contribution in [0.5, 0.6) is 0 Å². The van der Waals surface area contributed by atoms with Gasteiger partial charge in [-0.25, -0.2) is 17.5 Å². The maximum absolute atomic E-state index is 15.0. The van der Waals surface area contributed by atoms with Crippen LogP contribution in [0, 0.1) is 17.8 Å². The van der Waals surface area contributed by atoms with Crippen molar-refractivity contribution in [2.75, 3.05) is 77.6 Å². The fourth-order valence-electron chi connectivity index (χ4n) is 12.6. The van der Waals surface area contributed by atoms with Crippen LogP contribution in [0.15, 0.2) is 30.5 Å². The van der Waals surface area contributed by atoms with Crippen molar-refractivity contribution >= 4 is 21.5 Å². The first-order valence-electron chi connectivity index (χ1n) is 28.2. The van der Waals surface area contributed by atoms with E-state index in [1.165, 1.54) is 25.8 Å². The number of ether oxygens (including phenoxy) is 7. The van der Waals surface area contributed by atoms with Crippen LogP contribution in [0.4, 0.5) is 10.1 Å². The molecule has 0 spiro atoms. The summed E-state index contributed by atoms with van der Waals surface area (Å²) in [4.78, 5) is 20.7. The Balaban J connectivity index is 1.21. The van der Waals surface area contributed by atoms with Gasteiger partial charge in [-0.2, -0.15) is 0 Å². The van der Waals surface area contributed by atoms with E-state index in [2.05, 4.69) is 20.1 Å². The van der Waals surface area contributed by atoms with Crippen molar-refractivity contribution in [1.29, 1.82) is 0 Å². The minimum Gasteiger partial charge on any atom is -0.459 e. The predicted octanol–water partition coefficient (Wildman–Crippen LogP) is 4.66. The van der Waals surface area contributed by atoms with Gasteiger partial charge < -0.3 is 68.3 Å². The van der Waals surface area contributed by atoms with Crippen LogP contribution in [-0.2, 0) is 54.2 Å². The van der Waals surface area contributed by atoms with Gasteiger partial charge in [-0.3, -0.25) is 4.79 Å². The monoisotopic (exact) mass is 1130 g/mol. The van der Waals surface area contributed by atoms with Gasteiger partial charge in [0.2, 0.25) is 0 Å². The minimum absolute atomic E-state index is 0.0371. The molecule has 1 aromatic carbocycles. The largest absolute Gasteiger partial charge is 0.459 e. The molecule has 4 N–H and O–H groups in total. The highest BCUT2D eigenvalue weighted by molar-refractivity contribution is 7.91. The topological polar surface area (TPSA) is 237 Å². The highest BCUT2D eigenvalue weighted by Crippen LogP contribution is 2.41. The summed E-state index contributed by atoms with van der Waals surface area (Å²) in [6, 6.07) is 6.21. The van der Waals surface area contributed by atoms with Gasteiger partial charge >= 0.3 is 5.97 Å². The van der Waals surface area contributed by atoms with Gasteiger partial charge in [0.1, 0.15) is 42.7 Å². The zero-order valence-corrected chi connectivity index (χ0v) is 49.7. The Kier molecular flexibility index (Phi) is 22.2. The molecule has 0 unspecified atom stereocenters. The third-order valence-corrected chi connectivity index (χ3v) is 19.3. The molecule has 4 aliphatic rings. The van der Waals surface area contributed by atoms with E-state index < -0.39 is 119 Å². The smallest absolute Gasteiger partial charge is 0.311 e. The van der Waals surface area contributed by atoms with Crippen LogP contribution >= 0.6 is 0 Å². The maximum Gasteiger partial charge on any atom is 0.311 e. The van der Waals surface area contributed by atoms with E-state index in [-0.39, 0.29) is 48.8 Å². The van der Waals surface area contributed by atoms with Crippen LogP contribution in [-0.4, -0.2) is 216 Å². The summed E-state index contributed by atoms with van der Waals surface area (Å²) < 4.78 is 85.5. The standard InChI is InChI=1S/C56H95FN6O14S/c1-15-45-56(10,68)50(64)38(6)61(12)32-34(2)29-54(8,67)52(36(4)48(37(5)53(66)75-45)76-47-30-55(9,72-14)51(65)39(7)74-47)77-46-28-43(27-35(3)73-46)60(11)23-21-41-33-63(59-58-41)44(31-57)49(71-13)40-17-19-42(20-18-40)62-22-16-25-78(69,70)26-24-62/h17-20,33-39,43-52,64-65,67-68H,15-16,21-32H2,1-14H3/t34-,35-,36+,37-,38-,39+,43+,44-,45-,46+,47+,48+,49-,50-,51+,52-,54-,55-,56-/m1/s1. The molecule has 4 fully saturated rings. The third-order valence-electron chi connectivity index (χ3n) is 17.5. The number of esters is 1. The molecule has 19 atom stereocenters. The number of anilines is 1. The first-order chi connectivity index (χ1) is 36.6. The van der Waals surface area contributed by atoms with E-state index in [0.717, 1.165) is 11.3 Å². The summed E-state index contributed by atoms with van der Waals surface area (Å²) in [5.74, 6) is -2.33. The molecule has 446 valence electrons. The fraction of sp³-hybridized carbons (Fsp3) is 0.839. The number of hydrogen-bond donors (Lipinski definition) is 4. The van der Waals surface area contributed by atoms with Gasteiger partial charge in [0.25, 0.3) is 0 Å². The molecule has 4 saturated heterocycles. The average molecular weight is 1130 g/mol. The molecule has 0 radical (unpaired) electrons. The number of aromatic nitrogens is 3. The first kappa shape index (κ1) is 64.2. The van der Waals surface area contributed by atoms with Crippen molar-refractivity contribution in [3.63, 3.8) is 0 Å². The second-order valence-electron chi connectivity index (χ2n) is 24.0. The molecule has 0 aliphatic carbocycles. The molecule has 2 aromatic rings. The number of rotatable bonds is 16. The molecule has 4 aliphatic heterocycles. The zero-order chi connectivity index (χ0) is 57.7. The van der Waals surface area contributed by atoms with Crippen molar-refractivity contribution in [2.45, 2.75) is 211 Å². The van der Waals surface area contributed by atoms with Crippen molar-refractivity contribution in [3.05, 3.63) is 41.7 Å². The second kappa shape index (κ2) is 27.0. The molecule has 22 heteroatoms. The van der Waals surface area contributed by atoms with E-state index in [9.17, 15) is 38.0 Å². The number of aliphatic hydroxyl groups excluding tert-OH is 2. The third kappa shape index (κ3) is 15.4. The van der Waals surface area contributed by atoms with Gasteiger partial charge in [-0.05, 0) is 112 Å². The summed E-state index contributed by atoms with van der Waals surface area (Å²) in [5, 5.41) is 56.4. The first-order valence-corrected chi connectivity index (χ1v) is 30.0. The maximum atomic E-state index is 15.0. The van der Waals surface area contributed by atoms with Crippen LogP contribution in [0.25, 0.3) is 0 Å². The predicted molar refractivity (Wildman–Crippen MR) is 292 cm³/mol. The summed E-state index contributed by atoms with van der Waals surface area (Å²) in [6.07, 6.45) is -4.29. The number of carbonyl (C=O) groups is 1. The number of benzene rings is 1. The molecule has 20 nitrogen and oxygen atoms in total. The molecular formula is C56H95FN6O14S. The lowest BCUT2D eigenvalue weighted by Gasteiger charge is -2.48. The molecule has 0 amide bonds. The number of nitrogens with zero attached hydrogens (tertiary/aromatic N) is 6. The van der Waals surface area contributed by atoms with Crippen molar-refractivity contribution in [3.8, 4) is 0 Å². The summed E-state index contributed by atoms with van der Waals surface area (Å²) in [5.41, 5.74) is -2.12. The van der Waals surface area contributed by atoms with E-state index >= 15 is 0 Å². The lowest BCUT2D eigenvalue weighted by Crippen LogP contribution is -2.59. The van der Waals surface area contributed by atoms with E-state index in [1.807, 2.05) is 71.0 Å². The summed E-state index contributed by atoms with van der Waals surface area (Å²) in [7, 11) is 3.86. The highest BCUT2D eigenvalue weighted by Gasteiger charge is 2.52. The SMILES string of the molecule is CC[C@H]1OC(=O)[C@H](C)[C@@H](O[C@H]2C[C@@](C)(OC)[C@@H](O)[C@H](C)O2)[C@H](C)[C@@H](O[C@H]2C[C@@H](N(C)CCc3cn([C@H](CF)[C@H](OC)c4ccc(N5CCCS(=O)(=O)CC5)cc4)nn3)C[C@@H](C)O2)[C@](C)(O)C[C@@H](C)CN(C)[C@H](C)[C@@H](O)[C@]1(C)O. The average Bonchev–Trinajstić information content (AvgIpc) is 3.80. The normalized spacial score (nSPS) is 38.9.